The number of aryl methyl sites for hydroxylation is 1. The zero-order chi connectivity index (χ0) is 20.1. The SMILES string of the molecule is COC(=O)c1sc(NC(=O)c2ccccc2OCc2ccc(F)cc2)nc1C. The quantitative estimate of drug-likeness (QED) is 0.627. The molecule has 0 aliphatic carbocycles. The standard InChI is InChI=1S/C20H17FN2O4S/c1-12-17(19(25)26-2)28-20(22-12)23-18(24)15-5-3-4-6-16(15)27-11-13-7-9-14(21)10-8-13/h3-10H,11H2,1-2H3,(H,22,23,24). The van der Waals surface area contributed by atoms with Crippen LogP contribution in [0.1, 0.15) is 31.3 Å². The Morgan fingerprint density at radius 3 is 2.57 bits per heavy atom. The summed E-state index contributed by atoms with van der Waals surface area (Å²) in [6.45, 7) is 1.85. The molecule has 0 spiro atoms. The third-order valence-corrected chi connectivity index (χ3v) is 4.88. The van der Waals surface area contributed by atoms with E-state index < -0.39 is 11.9 Å². The highest BCUT2D eigenvalue weighted by molar-refractivity contribution is 7.17. The van der Waals surface area contributed by atoms with Crippen LogP contribution in [0.3, 0.4) is 0 Å². The molecule has 0 aliphatic heterocycles. The second-order valence-corrected chi connectivity index (χ2v) is 6.79. The van der Waals surface area contributed by atoms with Crippen LogP contribution in [0.15, 0.2) is 48.5 Å². The van der Waals surface area contributed by atoms with Crippen molar-refractivity contribution in [2.45, 2.75) is 13.5 Å². The fraction of sp³-hybridized carbons (Fsp3) is 0.150. The van der Waals surface area contributed by atoms with Gasteiger partial charge in [-0.2, -0.15) is 0 Å². The Kier molecular flexibility index (Phi) is 6.00. The number of rotatable bonds is 6. The van der Waals surface area contributed by atoms with E-state index in [4.69, 9.17) is 9.47 Å². The highest BCUT2D eigenvalue weighted by Crippen LogP contribution is 2.26. The molecule has 0 saturated heterocycles. The molecule has 8 heteroatoms. The summed E-state index contributed by atoms with van der Waals surface area (Å²) in [5.74, 6) is -0.863. The fourth-order valence-corrected chi connectivity index (χ4v) is 3.30. The van der Waals surface area contributed by atoms with Crippen molar-refractivity contribution >= 4 is 28.3 Å². The van der Waals surface area contributed by atoms with Crippen LogP contribution in [0.4, 0.5) is 9.52 Å². The second-order valence-electron chi connectivity index (χ2n) is 5.79. The minimum absolute atomic E-state index is 0.188. The highest BCUT2D eigenvalue weighted by Gasteiger charge is 2.19. The summed E-state index contributed by atoms with van der Waals surface area (Å²) in [5, 5.41) is 2.96. The second kappa shape index (κ2) is 8.62. The van der Waals surface area contributed by atoms with Crippen LogP contribution in [0.5, 0.6) is 5.75 Å². The number of thiazole rings is 1. The largest absolute Gasteiger partial charge is 0.488 e. The number of nitrogens with zero attached hydrogens (tertiary/aromatic N) is 1. The molecular weight excluding hydrogens is 383 g/mol. The van der Waals surface area contributed by atoms with E-state index in [1.807, 2.05) is 0 Å². The number of ether oxygens (including phenoxy) is 2. The average Bonchev–Trinajstić information content (AvgIpc) is 3.07. The lowest BCUT2D eigenvalue weighted by atomic mass is 10.2. The number of hydrogen-bond donors (Lipinski definition) is 1. The Bertz CT molecular complexity index is 1000. The third kappa shape index (κ3) is 4.52. The summed E-state index contributed by atoms with van der Waals surface area (Å²) in [6.07, 6.45) is 0. The van der Waals surface area contributed by atoms with Gasteiger partial charge in [0.25, 0.3) is 5.91 Å². The van der Waals surface area contributed by atoms with Gasteiger partial charge in [0.2, 0.25) is 0 Å². The Labute approximate surface area is 164 Å². The maximum atomic E-state index is 13.0. The van der Waals surface area contributed by atoms with Crippen LogP contribution in [0, 0.1) is 12.7 Å². The molecule has 0 unspecified atom stereocenters. The van der Waals surface area contributed by atoms with Crippen molar-refractivity contribution < 1.29 is 23.5 Å². The Morgan fingerprint density at radius 2 is 1.86 bits per heavy atom. The highest BCUT2D eigenvalue weighted by atomic mass is 32.1. The van der Waals surface area contributed by atoms with Gasteiger partial charge in [-0.25, -0.2) is 14.2 Å². The molecule has 0 atom stereocenters. The number of anilines is 1. The number of amides is 1. The van der Waals surface area contributed by atoms with Gasteiger partial charge >= 0.3 is 5.97 Å². The molecular formula is C20H17FN2O4S. The van der Waals surface area contributed by atoms with E-state index >= 15 is 0 Å². The van der Waals surface area contributed by atoms with Crippen LogP contribution in [-0.4, -0.2) is 24.0 Å². The first-order valence-electron chi connectivity index (χ1n) is 8.31. The number of halogens is 1. The summed E-state index contributed by atoms with van der Waals surface area (Å²) in [6, 6.07) is 12.7. The number of nitrogens with one attached hydrogen (secondary N) is 1. The summed E-state index contributed by atoms with van der Waals surface area (Å²) in [5.41, 5.74) is 1.57. The predicted molar refractivity (Wildman–Crippen MR) is 103 cm³/mol. The monoisotopic (exact) mass is 400 g/mol. The van der Waals surface area contributed by atoms with Crippen molar-refractivity contribution in [2.24, 2.45) is 0 Å². The summed E-state index contributed by atoms with van der Waals surface area (Å²) >= 11 is 1.04. The van der Waals surface area contributed by atoms with E-state index in [9.17, 15) is 14.0 Å². The van der Waals surface area contributed by atoms with Crippen LogP contribution in [0.25, 0.3) is 0 Å². The van der Waals surface area contributed by atoms with Gasteiger partial charge in [-0.1, -0.05) is 35.6 Å². The minimum Gasteiger partial charge on any atom is -0.488 e. The van der Waals surface area contributed by atoms with Crippen molar-refractivity contribution in [2.75, 3.05) is 12.4 Å². The van der Waals surface area contributed by atoms with Gasteiger partial charge in [-0.3, -0.25) is 10.1 Å². The first-order valence-corrected chi connectivity index (χ1v) is 9.13. The van der Waals surface area contributed by atoms with Gasteiger partial charge in [0.1, 0.15) is 23.1 Å². The molecule has 28 heavy (non-hydrogen) atoms. The van der Waals surface area contributed by atoms with Crippen LogP contribution in [0.2, 0.25) is 0 Å². The molecule has 0 radical (unpaired) electrons. The van der Waals surface area contributed by atoms with E-state index in [1.54, 1.807) is 43.3 Å². The van der Waals surface area contributed by atoms with Gasteiger partial charge in [0.15, 0.2) is 5.13 Å². The Balaban J connectivity index is 1.73. The van der Waals surface area contributed by atoms with Crippen LogP contribution >= 0.6 is 11.3 Å². The fourth-order valence-electron chi connectivity index (χ4n) is 2.42. The molecule has 0 aliphatic rings. The third-order valence-electron chi connectivity index (χ3n) is 3.83. The van der Waals surface area contributed by atoms with E-state index in [0.717, 1.165) is 16.9 Å². The molecule has 1 aromatic heterocycles. The number of benzene rings is 2. The van der Waals surface area contributed by atoms with Crippen molar-refractivity contribution in [1.29, 1.82) is 0 Å². The summed E-state index contributed by atoms with van der Waals surface area (Å²) in [7, 11) is 1.29. The first-order chi connectivity index (χ1) is 13.5. The zero-order valence-corrected chi connectivity index (χ0v) is 16.0. The van der Waals surface area contributed by atoms with Crippen LogP contribution < -0.4 is 10.1 Å². The van der Waals surface area contributed by atoms with E-state index in [2.05, 4.69) is 10.3 Å². The molecule has 1 N–H and O–H groups in total. The average molecular weight is 400 g/mol. The van der Waals surface area contributed by atoms with E-state index in [-0.39, 0.29) is 17.6 Å². The molecule has 1 amide bonds. The minimum atomic E-state index is -0.501. The number of hydrogen-bond acceptors (Lipinski definition) is 6. The first kappa shape index (κ1) is 19.5. The number of carbonyl (C=O) groups excluding carboxylic acids is 2. The Morgan fingerprint density at radius 1 is 1.14 bits per heavy atom. The lowest BCUT2D eigenvalue weighted by Crippen LogP contribution is -2.13. The number of carbonyl (C=O) groups is 2. The lowest BCUT2D eigenvalue weighted by Gasteiger charge is -2.11. The number of aromatic nitrogens is 1. The van der Waals surface area contributed by atoms with Gasteiger partial charge in [0, 0.05) is 0 Å². The van der Waals surface area contributed by atoms with E-state index in [0.29, 0.717) is 21.9 Å². The number of methoxy groups -OCH3 is 1. The topological polar surface area (TPSA) is 77.5 Å². The number of esters is 1. The summed E-state index contributed by atoms with van der Waals surface area (Å²) in [4.78, 5) is 28.9. The van der Waals surface area contributed by atoms with Gasteiger partial charge in [-0.05, 0) is 36.8 Å². The lowest BCUT2D eigenvalue weighted by molar-refractivity contribution is 0.0605. The maximum Gasteiger partial charge on any atom is 0.350 e. The van der Waals surface area contributed by atoms with Gasteiger partial charge < -0.3 is 9.47 Å². The van der Waals surface area contributed by atoms with Crippen LogP contribution in [-0.2, 0) is 11.3 Å². The molecule has 1 heterocycles. The maximum absolute atomic E-state index is 13.0. The van der Waals surface area contributed by atoms with Gasteiger partial charge in [-0.15, -0.1) is 0 Å². The predicted octanol–water partition coefficient (Wildman–Crippen LogP) is 4.21. The molecule has 3 aromatic rings. The van der Waals surface area contributed by atoms with Crippen molar-refractivity contribution in [3.63, 3.8) is 0 Å². The number of para-hydroxylation sites is 1. The van der Waals surface area contributed by atoms with Gasteiger partial charge in [0.05, 0.1) is 18.4 Å². The Hall–Kier alpha value is -3.26. The summed E-state index contributed by atoms with van der Waals surface area (Å²) < 4.78 is 23.4. The molecule has 0 bridgehead atoms. The van der Waals surface area contributed by atoms with Crippen molar-refractivity contribution in [3.05, 3.63) is 76.0 Å². The molecule has 2 aromatic carbocycles. The zero-order valence-electron chi connectivity index (χ0n) is 15.2. The molecule has 0 fully saturated rings. The van der Waals surface area contributed by atoms with Crippen molar-refractivity contribution in [1.82, 2.24) is 4.98 Å². The smallest absolute Gasteiger partial charge is 0.350 e. The molecule has 144 valence electrons. The normalized spacial score (nSPS) is 10.4. The molecule has 3 rings (SSSR count). The molecule has 6 nitrogen and oxygen atoms in total. The van der Waals surface area contributed by atoms with E-state index in [1.165, 1.54) is 19.2 Å². The van der Waals surface area contributed by atoms with Crippen molar-refractivity contribution in [3.8, 4) is 5.75 Å². The molecule has 0 saturated carbocycles.